The van der Waals surface area contributed by atoms with Crippen LogP contribution < -0.4 is 5.32 Å². The van der Waals surface area contributed by atoms with Crippen molar-refractivity contribution < 1.29 is 46.6 Å². The maximum atomic E-state index is 13.8. The highest BCUT2D eigenvalue weighted by Gasteiger charge is 2.41. The summed E-state index contributed by atoms with van der Waals surface area (Å²) in [7, 11) is 4.44. The molecule has 0 saturated carbocycles. The summed E-state index contributed by atoms with van der Waals surface area (Å²) in [5, 5.41) is 4.73. The number of hydrogen-bond acceptors (Lipinski definition) is 10. The zero-order valence-corrected chi connectivity index (χ0v) is 31.7. The number of nitrogens with one attached hydrogen (secondary N) is 1. The van der Waals surface area contributed by atoms with E-state index in [0.29, 0.717) is 25.8 Å². The Bertz CT molecular complexity index is 1520. The number of hydrogen-bond donors (Lipinski definition) is 1. The van der Waals surface area contributed by atoms with Crippen molar-refractivity contribution in [1.82, 2.24) is 20.1 Å². The highest BCUT2D eigenvalue weighted by Crippen LogP contribution is 2.34. The first-order valence-electron chi connectivity index (χ1n) is 17.5. The van der Waals surface area contributed by atoms with Gasteiger partial charge in [0, 0.05) is 44.3 Å². The molecule has 1 aliphatic heterocycles. The Morgan fingerprint density at radius 1 is 1.10 bits per heavy atom. The van der Waals surface area contributed by atoms with Crippen LogP contribution in [-0.2, 0) is 35.1 Å². The lowest BCUT2D eigenvalue weighted by molar-refractivity contribution is -0.163. The Labute approximate surface area is 307 Å². The number of Topliss-reactive ketones (excluding diaryl/α,β-unsaturated/α-hetero) is 1. The van der Waals surface area contributed by atoms with Crippen molar-refractivity contribution in [2.45, 2.75) is 103 Å². The van der Waals surface area contributed by atoms with Crippen LogP contribution in [0.2, 0.25) is 0 Å². The van der Waals surface area contributed by atoms with Crippen LogP contribution in [0.1, 0.15) is 93.4 Å². The summed E-state index contributed by atoms with van der Waals surface area (Å²) in [5.41, 5.74) is 0.997. The van der Waals surface area contributed by atoms with Crippen LogP contribution in [0, 0.1) is 17.8 Å². The van der Waals surface area contributed by atoms with Gasteiger partial charge in [-0.25, -0.2) is 4.98 Å². The van der Waals surface area contributed by atoms with Gasteiger partial charge in [-0.2, -0.15) is 13.2 Å². The minimum absolute atomic E-state index is 0.0145. The number of esters is 2. The van der Waals surface area contributed by atoms with Crippen molar-refractivity contribution >= 4 is 40.9 Å². The molecule has 0 radical (unpaired) electrons. The van der Waals surface area contributed by atoms with Gasteiger partial charge in [-0.05, 0) is 50.8 Å². The minimum atomic E-state index is -4.67. The summed E-state index contributed by atoms with van der Waals surface area (Å²) in [6, 6.07) is 7.76. The number of halogens is 3. The number of amides is 2. The molecule has 2 amide bonds. The number of benzene rings is 1. The van der Waals surface area contributed by atoms with Crippen molar-refractivity contribution in [3.8, 4) is 0 Å². The maximum Gasteiger partial charge on any atom is 0.389 e. The van der Waals surface area contributed by atoms with E-state index in [9.17, 15) is 37.1 Å². The Morgan fingerprint density at radius 2 is 1.77 bits per heavy atom. The number of ketones is 1. The molecule has 52 heavy (non-hydrogen) atoms. The quantitative estimate of drug-likeness (QED) is 0.188. The molecule has 3 rings (SSSR count). The summed E-state index contributed by atoms with van der Waals surface area (Å²) in [5.74, 6) is -5.19. The second-order valence-corrected chi connectivity index (χ2v) is 14.9. The summed E-state index contributed by atoms with van der Waals surface area (Å²) < 4.78 is 51.7. The molecule has 15 heteroatoms. The molecule has 1 fully saturated rings. The zero-order valence-electron chi connectivity index (χ0n) is 30.9. The lowest BCUT2D eigenvalue weighted by Gasteiger charge is -2.36. The molecule has 0 spiro atoms. The molecule has 0 unspecified atom stereocenters. The lowest BCUT2D eigenvalue weighted by Crippen LogP contribution is -2.46. The topological polar surface area (TPSA) is 135 Å². The molecule has 1 aromatic heterocycles. The molecular formula is C37H51F3N4O7S. The summed E-state index contributed by atoms with van der Waals surface area (Å²) >= 11 is 1.07. The number of nitrogens with zero attached hydrogens (tertiary/aromatic N) is 3. The van der Waals surface area contributed by atoms with Gasteiger partial charge in [0.05, 0.1) is 31.4 Å². The van der Waals surface area contributed by atoms with Crippen LogP contribution in [0.3, 0.4) is 0 Å². The normalized spacial score (nSPS) is 17.9. The molecule has 1 N–H and O–H groups in total. The van der Waals surface area contributed by atoms with E-state index in [1.54, 1.807) is 32.7 Å². The third kappa shape index (κ3) is 12.7. The molecule has 2 aromatic rings. The smallest absolute Gasteiger partial charge is 0.389 e. The molecule has 11 nitrogen and oxygen atoms in total. The van der Waals surface area contributed by atoms with E-state index in [1.165, 1.54) is 31.4 Å². The van der Waals surface area contributed by atoms with Gasteiger partial charge >= 0.3 is 18.1 Å². The highest BCUT2D eigenvalue weighted by atomic mass is 32.1. The third-order valence-electron chi connectivity index (χ3n) is 9.48. The van der Waals surface area contributed by atoms with Crippen molar-refractivity contribution in [3.63, 3.8) is 0 Å². The summed E-state index contributed by atoms with van der Waals surface area (Å²) in [4.78, 5) is 72.3. The van der Waals surface area contributed by atoms with Gasteiger partial charge in [0.1, 0.15) is 10.7 Å². The number of rotatable bonds is 18. The minimum Gasteiger partial charge on any atom is -0.469 e. The zero-order chi connectivity index (χ0) is 38.7. The number of likely N-dealkylation sites (tertiary alicyclic amines) is 1. The highest BCUT2D eigenvalue weighted by molar-refractivity contribution is 7.09. The fourth-order valence-electron chi connectivity index (χ4n) is 6.79. The number of likely N-dealkylation sites (N-methyl/N-ethyl adjacent to an activating group) is 1. The molecule has 1 saturated heterocycles. The number of ether oxygens (including phenoxy) is 2. The summed E-state index contributed by atoms with van der Waals surface area (Å²) in [6.07, 6.45) is -5.67. The number of carbonyl (C=O) groups is 5. The first-order chi connectivity index (χ1) is 24.4. The van der Waals surface area contributed by atoms with Crippen LogP contribution in [0.25, 0.3) is 0 Å². The van der Waals surface area contributed by atoms with Gasteiger partial charge in [-0.1, -0.05) is 51.1 Å². The average molecular weight is 753 g/mol. The van der Waals surface area contributed by atoms with Crippen LogP contribution in [0.5, 0.6) is 0 Å². The largest absolute Gasteiger partial charge is 0.469 e. The van der Waals surface area contributed by atoms with Gasteiger partial charge in [0.2, 0.25) is 5.91 Å². The van der Waals surface area contributed by atoms with E-state index in [-0.39, 0.29) is 23.0 Å². The number of thiazole rings is 1. The van der Waals surface area contributed by atoms with Gasteiger partial charge in [0.25, 0.3) is 5.91 Å². The Hall–Kier alpha value is -3.85. The SMILES string of the molecule is COC(=O)[C@@H](C)C[C@H](Cc1ccccc1)NC(=O)c1csc([C@@H](C[C@H](C(C)C)N(C)C(=O)[C@@H](CC(=O)[C@H]2CCCN2C)CC(F)(F)F)OC(C)=O)n1. The molecular weight excluding hydrogens is 701 g/mol. The predicted octanol–water partition coefficient (Wildman–Crippen LogP) is 5.78. The van der Waals surface area contributed by atoms with Crippen LogP contribution >= 0.6 is 11.3 Å². The average Bonchev–Trinajstić information content (AvgIpc) is 3.74. The fraction of sp³-hybridized carbons (Fsp3) is 0.622. The predicted molar refractivity (Wildman–Crippen MR) is 189 cm³/mol. The van der Waals surface area contributed by atoms with E-state index < -0.39 is 84.6 Å². The van der Waals surface area contributed by atoms with E-state index in [0.717, 1.165) is 23.3 Å². The van der Waals surface area contributed by atoms with Crippen molar-refractivity contribution in [2.75, 3.05) is 27.7 Å². The second kappa shape index (κ2) is 19.3. The number of methoxy groups -OCH3 is 1. The molecule has 0 bridgehead atoms. The molecule has 6 atom stereocenters. The number of carbonyl (C=O) groups excluding carboxylic acids is 5. The van der Waals surface area contributed by atoms with Crippen LogP contribution in [-0.4, -0.2) is 96.4 Å². The molecule has 1 aliphatic rings. The standard InChI is InChI=1S/C37H51F3N4O7S/c1-22(2)30(44(6)35(48)26(20-37(38,39)40)18-31(46)29-14-11-15-43(29)5)19-32(51-24(4)45)34-42-28(21-52-34)33(47)41-27(16-23(3)36(49)50-7)17-25-12-9-8-10-13-25/h8-10,12-13,21-23,26-27,29-30,32H,11,14-20H2,1-7H3,(H,41,47)/t23-,26-,27+,29+,30+,32+/m0/s1. The maximum absolute atomic E-state index is 13.8. The monoisotopic (exact) mass is 752 g/mol. The number of alkyl halides is 3. The van der Waals surface area contributed by atoms with E-state index in [4.69, 9.17) is 9.47 Å². The summed E-state index contributed by atoms with van der Waals surface area (Å²) in [6.45, 7) is 7.16. The molecule has 2 heterocycles. The molecule has 288 valence electrons. The van der Waals surface area contributed by atoms with E-state index in [2.05, 4.69) is 10.3 Å². The van der Waals surface area contributed by atoms with Gasteiger partial charge in [-0.3, -0.25) is 28.9 Å². The van der Waals surface area contributed by atoms with Crippen LogP contribution in [0.4, 0.5) is 13.2 Å². The number of aromatic nitrogens is 1. The lowest BCUT2D eigenvalue weighted by atomic mass is 9.90. The van der Waals surface area contributed by atoms with Crippen molar-refractivity contribution in [1.29, 1.82) is 0 Å². The Kier molecular flexibility index (Phi) is 15.8. The van der Waals surface area contributed by atoms with Gasteiger partial charge < -0.3 is 19.7 Å². The molecule has 0 aliphatic carbocycles. The van der Waals surface area contributed by atoms with Gasteiger partial charge in [-0.15, -0.1) is 11.3 Å². The third-order valence-corrected chi connectivity index (χ3v) is 10.4. The second-order valence-electron chi connectivity index (χ2n) is 14.0. The first kappa shape index (κ1) is 42.6. The van der Waals surface area contributed by atoms with E-state index in [1.807, 2.05) is 30.3 Å². The Morgan fingerprint density at radius 3 is 2.33 bits per heavy atom. The fourth-order valence-corrected chi connectivity index (χ4v) is 7.62. The van der Waals surface area contributed by atoms with Crippen molar-refractivity contribution in [2.24, 2.45) is 17.8 Å². The van der Waals surface area contributed by atoms with E-state index >= 15 is 0 Å². The molecule has 1 aromatic carbocycles. The van der Waals surface area contributed by atoms with Gasteiger partial charge in [0.15, 0.2) is 11.9 Å². The van der Waals surface area contributed by atoms with Crippen molar-refractivity contribution in [3.05, 3.63) is 52.0 Å². The van der Waals surface area contributed by atoms with Crippen LogP contribution in [0.15, 0.2) is 35.7 Å². The first-order valence-corrected chi connectivity index (χ1v) is 18.4. The Balaban J connectivity index is 1.82.